The molecule has 94 valence electrons. The molecule has 2 atom stereocenters. The lowest BCUT2D eigenvalue weighted by Gasteiger charge is -2.43. The first-order chi connectivity index (χ1) is 7.73. The minimum atomic E-state index is 0.424. The van der Waals surface area contributed by atoms with Crippen molar-refractivity contribution in [1.29, 1.82) is 0 Å². The molecule has 0 saturated carbocycles. The fraction of sp³-hybridized carbons (Fsp3) is 1.00. The lowest BCUT2D eigenvalue weighted by atomic mass is 9.82. The van der Waals surface area contributed by atoms with E-state index >= 15 is 0 Å². The van der Waals surface area contributed by atoms with Crippen molar-refractivity contribution in [3.05, 3.63) is 0 Å². The molecule has 1 N–H and O–H groups in total. The standard InChI is InChI=1S/C14H28N2/c1-3-16-11-7-4-8-13(16)12-14(2)9-5-6-10-15-14/h13,15H,3-12H2,1-2H3. The van der Waals surface area contributed by atoms with E-state index in [1.807, 2.05) is 0 Å². The first-order valence-corrected chi connectivity index (χ1v) is 7.22. The third-order valence-electron chi connectivity index (χ3n) is 4.55. The zero-order valence-corrected chi connectivity index (χ0v) is 11.1. The average molecular weight is 224 g/mol. The van der Waals surface area contributed by atoms with Gasteiger partial charge in [0.25, 0.3) is 0 Å². The Morgan fingerprint density at radius 1 is 1.25 bits per heavy atom. The summed E-state index contributed by atoms with van der Waals surface area (Å²) in [7, 11) is 0. The van der Waals surface area contributed by atoms with E-state index in [4.69, 9.17) is 0 Å². The summed E-state index contributed by atoms with van der Waals surface area (Å²) in [5.74, 6) is 0. The van der Waals surface area contributed by atoms with Gasteiger partial charge in [0.15, 0.2) is 0 Å². The summed E-state index contributed by atoms with van der Waals surface area (Å²) < 4.78 is 0. The molecule has 2 heteroatoms. The van der Waals surface area contributed by atoms with Crippen molar-refractivity contribution in [2.24, 2.45) is 0 Å². The number of nitrogens with one attached hydrogen (secondary N) is 1. The zero-order valence-electron chi connectivity index (χ0n) is 11.1. The summed E-state index contributed by atoms with van der Waals surface area (Å²) in [6, 6.07) is 0.842. The second kappa shape index (κ2) is 5.50. The predicted molar refractivity (Wildman–Crippen MR) is 69.8 cm³/mol. The highest BCUT2D eigenvalue weighted by atomic mass is 15.2. The molecule has 2 rings (SSSR count). The average Bonchev–Trinajstić information content (AvgIpc) is 2.30. The number of piperidine rings is 2. The van der Waals surface area contributed by atoms with Crippen molar-refractivity contribution < 1.29 is 0 Å². The van der Waals surface area contributed by atoms with Crippen LogP contribution in [0.3, 0.4) is 0 Å². The Morgan fingerprint density at radius 2 is 2.12 bits per heavy atom. The van der Waals surface area contributed by atoms with Crippen molar-refractivity contribution in [2.75, 3.05) is 19.6 Å². The van der Waals surface area contributed by atoms with Crippen LogP contribution in [0.25, 0.3) is 0 Å². The summed E-state index contributed by atoms with van der Waals surface area (Å²) >= 11 is 0. The predicted octanol–water partition coefficient (Wildman–Crippen LogP) is 2.78. The van der Waals surface area contributed by atoms with Crippen LogP contribution in [0.1, 0.15) is 58.8 Å². The maximum atomic E-state index is 3.76. The van der Waals surface area contributed by atoms with Gasteiger partial charge in [0, 0.05) is 11.6 Å². The summed E-state index contributed by atoms with van der Waals surface area (Å²) in [6.45, 7) is 8.55. The van der Waals surface area contributed by atoms with Gasteiger partial charge in [-0.1, -0.05) is 19.8 Å². The molecule has 2 aliphatic rings. The molecule has 0 aliphatic carbocycles. The van der Waals surface area contributed by atoms with Crippen LogP contribution >= 0.6 is 0 Å². The molecule has 0 bridgehead atoms. The smallest absolute Gasteiger partial charge is 0.0168 e. The topological polar surface area (TPSA) is 15.3 Å². The van der Waals surface area contributed by atoms with Crippen molar-refractivity contribution in [2.45, 2.75) is 70.4 Å². The zero-order chi connectivity index (χ0) is 11.4. The third-order valence-corrected chi connectivity index (χ3v) is 4.55. The Labute approximate surface area is 101 Å². The molecule has 0 spiro atoms. The van der Waals surface area contributed by atoms with Crippen LogP contribution in [0.5, 0.6) is 0 Å². The van der Waals surface area contributed by atoms with Gasteiger partial charge in [-0.25, -0.2) is 0 Å². The van der Waals surface area contributed by atoms with Gasteiger partial charge in [0.2, 0.25) is 0 Å². The molecule has 2 saturated heterocycles. The minimum Gasteiger partial charge on any atom is -0.311 e. The molecule has 0 aromatic rings. The van der Waals surface area contributed by atoms with Crippen molar-refractivity contribution in [1.82, 2.24) is 10.2 Å². The number of nitrogens with zero attached hydrogens (tertiary/aromatic N) is 1. The first-order valence-electron chi connectivity index (χ1n) is 7.22. The maximum absolute atomic E-state index is 3.76. The van der Waals surface area contributed by atoms with Crippen LogP contribution in [0.15, 0.2) is 0 Å². The van der Waals surface area contributed by atoms with Gasteiger partial charge in [0.1, 0.15) is 0 Å². The van der Waals surface area contributed by atoms with E-state index in [-0.39, 0.29) is 0 Å². The van der Waals surface area contributed by atoms with Crippen LogP contribution in [0.2, 0.25) is 0 Å². The monoisotopic (exact) mass is 224 g/mol. The number of likely N-dealkylation sites (tertiary alicyclic amines) is 1. The van der Waals surface area contributed by atoms with Crippen LogP contribution in [-0.2, 0) is 0 Å². The van der Waals surface area contributed by atoms with Crippen LogP contribution in [0, 0.1) is 0 Å². The fourth-order valence-corrected chi connectivity index (χ4v) is 3.52. The van der Waals surface area contributed by atoms with E-state index in [2.05, 4.69) is 24.1 Å². The van der Waals surface area contributed by atoms with E-state index in [9.17, 15) is 0 Å². The maximum Gasteiger partial charge on any atom is 0.0168 e. The Kier molecular flexibility index (Phi) is 4.26. The molecule has 2 heterocycles. The summed E-state index contributed by atoms with van der Waals surface area (Å²) in [5.41, 5.74) is 0.424. The highest BCUT2D eigenvalue weighted by Gasteiger charge is 2.32. The van der Waals surface area contributed by atoms with Gasteiger partial charge in [-0.3, -0.25) is 0 Å². The van der Waals surface area contributed by atoms with Crippen LogP contribution in [-0.4, -0.2) is 36.1 Å². The molecule has 0 aromatic heterocycles. The van der Waals surface area contributed by atoms with Crippen molar-refractivity contribution >= 4 is 0 Å². The van der Waals surface area contributed by atoms with Gasteiger partial charge < -0.3 is 10.2 Å². The molecule has 2 fully saturated rings. The van der Waals surface area contributed by atoms with E-state index in [0.717, 1.165) is 6.04 Å². The number of hydrogen-bond donors (Lipinski definition) is 1. The molecule has 0 radical (unpaired) electrons. The first kappa shape index (κ1) is 12.4. The van der Waals surface area contributed by atoms with Crippen molar-refractivity contribution in [3.63, 3.8) is 0 Å². The molecule has 2 unspecified atom stereocenters. The molecule has 2 nitrogen and oxygen atoms in total. The number of hydrogen-bond acceptors (Lipinski definition) is 2. The lowest BCUT2D eigenvalue weighted by Crippen LogP contribution is -2.52. The molecular formula is C14H28N2. The highest BCUT2D eigenvalue weighted by Crippen LogP contribution is 2.29. The van der Waals surface area contributed by atoms with Crippen LogP contribution in [0.4, 0.5) is 0 Å². The molecule has 2 aliphatic heterocycles. The van der Waals surface area contributed by atoms with Crippen molar-refractivity contribution in [3.8, 4) is 0 Å². The largest absolute Gasteiger partial charge is 0.311 e. The van der Waals surface area contributed by atoms with Gasteiger partial charge in [-0.2, -0.15) is 0 Å². The Bertz CT molecular complexity index is 209. The Morgan fingerprint density at radius 3 is 2.81 bits per heavy atom. The second-order valence-corrected chi connectivity index (χ2v) is 5.93. The van der Waals surface area contributed by atoms with Gasteiger partial charge >= 0.3 is 0 Å². The molecule has 0 aromatic carbocycles. The SMILES string of the molecule is CCN1CCCCC1CC1(C)CCCCN1. The quantitative estimate of drug-likeness (QED) is 0.793. The lowest BCUT2D eigenvalue weighted by molar-refractivity contribution is 0.107. The second-order valence-electron chi connectivity index (χ2n) is 5.93. The molecule has 16 heavy (non-hydrogen) atoms. The molecule has 0 amide bonds. The van der Waals surface area contributed by atoms with E-state index in [1.165, 1.54) is 64.6 Å². The Balaban J connectivity index is 1.90. The minimum absolute atomic E-state index is 0.424. The number of rotatable bonds is 3. The molecular weight excluding hydrogens is 196 g/mol. The van der Waals surface area contributed by atoms with E-state index in [0.29, 0.717) is 5.54 Å². The third kappa shape index (κ3) is 2.98. The fourth-order valence-electron chi connectivity index (χ4n) is 3.52. The summed E-state index contributed by atoms with van der Waals surface area (Å²) in [5, 5.41) is 3.76. The highest BCUT2D eigenvalue weighted by molar-refractivity contribution is 4.92. The summed E-state index contributed by atoms with van der Waals surface area (Å²) in [6.07, 6.45) is 9.80. The van der Waals surface area contributed by atoms with Gasteiger partial charge in [-0.15, -0.1) is 0 Å². The van der Waals surface area contributed by atoms with Gasteiger partial charge in [-0.05, 0) is 58.7 Å². The van der Waals surface area contributed by atoms with E-state index in [1.54, 1.807) is 0 Å². The van der Waals surface area contributed by atoms with Crippen LogP contribution < -0.4 is 5.32 Å². The summed E-state index contributed by atoms with van der Waals surface area (Å²) in [4.78, 5) is 2.70. The van der Waals surface area contributed by atoms with E-state index < -0.39 is 0 Å². The normalized spacial score (nSPS) is 37.5. The Hall–Kier alpha value is -0.0800. The van der Waals surface area contributed by atoms with Gasteiger partial charge in [0.05, 0.1) is 0 Å².